The number of rotatable bonds is 4. The van der Waals surface area contributed by atoms with E-state index in [0.717, 1.165) is 0 Å². The van der Waals surface area contributed by atoms with Crippen molar-refractivity contribution in [1.29, 1.82) is 0 Å². The van der Waals surface area contributed by atoms with Crippen molar-refractivity contribution in [2.45, 2.75) is 46.3 Å². The molecule has 0 aromatic heterocycles. The molecule has 0 amide bonds. The van der Waals surface area contributed by atoms with Gasteiger partial charge >= 0.3 is 5.97 Å². The minimum Gasteiger partial charge on any atom is -0.459 e. The molecule has 0 spiro atoms. The Labute approximate surface area is 133 Å². The van der Waals surface area contributed by atoms with E-state index in [1.165, 1.54) is 11.1 Å². The molecule has 0 saturated carbocycles. The third kappa shape index (κ3) is 6.16. The smallest absolute Gasteiger partial charge is 0.325 e. The monoisotopic (exact) mass is 305 g/mol. The van der Waals surface area contributed by atoms with Gasteiger partial charge in [0.2, 0.25) is 0 Å². The second-order valence-corrected chi connectivity index (χ2v) is 6.23. The van der Waals surface area contributed by atoms with Crippen molar-refractivity contribution >= 4 is 11.9 Å². The van der Waals surface area contributed by atoms with Crippen LogP contribution in [0.3, 0.4) is 0 Å². The number of benzene rings is 1. The highest BCUT2D eigenvalue weighted by Crippen LogP contribution is 2.16. The summed E-state index contributed by atoms with van der Waals surface area (Å²) in [6.07, 6.45) is 0. The predicted octanol–water partition coefficient (Wildman–Crippen LogP) is 2.56. The molecule has 0 heterocycles. The number of guanidine groups is 1. The van der Waals surface area contributed by atoms with Gasteiger partial charge in [-0.15, -0.1) is 0 Å². The fourth-order valence-corrected chi connectivity index (χ4v) is 2.08. The summed E-state index contributed by atoms with van der Waals surface area (Å²) < 4.78 is 5.26. The van der Waals surface area contributed by atoms with Crippen LogP contribution in [-0.2, 0) is 9.53 Å². The number of nitrogens with zero attached hydrogens (tertiary/aromatic N) is 1. The fourth-order valence-electron chi connectivity index (χ4n) is 2.08. The van der Waals surface area contributed by atoms with Gasteiger partial charge < -0.3 is 15.4 Å². The lowest BCUT2D eigenvalue weighted by molar-refractivity contribution is -0.153. The Kier molecular flexibility index (Phi) is 6.40. The summed E-state index contributed by atoms with van der Waals surface area (Å²) in [5.74, 6) is 0.264. The van der Waals surface area contributed by atoms with E-state index in [1.54, 1.807) is 7.05 Å². The van der Waals surface area contributed by atoms with E-state index in [-0.39, 0.29) is 18.6 Å². The van der Waals surface area contributed by atoms with Crippen molar-refractivity contribution < 1.29 is 9.53 Å². The Balaban J connectivity index is 2.56. The molecular formula is C17H27N3O2. The number of carbonyl (C=O) groups is 1. The number of esters is 1. The Bertz CT molecular complexity index is 533. The minimum atomic E-state index is -0.482. The highest BCUT2D eigenvalue weighted by molar-refractivity contribution is 5.84. The van der Waals surface area contributed by atoms with Gasteiger partial charge in [0.15, 0.2) is 5.96 Å². The van der Waals surface area contributed by atoms with Crippen molar-refractivity contribution in [2.24, 2.45) is 4.99 Å². The lowest BCUT2D eigenvalue weighted by atomic mass is 10.0. The van der Waals surface area contributed by atoms with Crippen molar-refractivity contribution in [3.63, 3.8) is 0 Å². The largest absolute Gasteiger partial charge is 0.459 e. The van der Waals surface area contributed by atoms with Crippen LogP contribution in [0.25, 0.3) is 0 Å². The van der Waals surface area contributed by atoms with Gasteiger partial charge in [-0.1, -0.05) is 24.3 Å². The molecule has 5 heteroatoms. The van der Waals surface area contributed by atoms with Gasteiger partial charge in [-0.05, 0) is 45.7 Å². The van der Waals surface area contributed by atoms with E-state index in [2.05, 4.69) is 41.6 Å². The van der Waals surface area contributed by atoms with Crippen molar-refractivity contribution in [3.8, 4) is 0 Å². The summed E-state index contributed by atoms with van der Waals surface area (Å²) in [6, 6.07) is 8.27. The number of ether oxygens (including phenoxy) is 1. The molecule has 0 bridgehead atoms. The molecule has 2 N–H and O–H groups in total. The highest BCUT2D eigenvalue weighted by Gasteiger charge is 2.17. The molecule has 22 heavy (non-hydrogen) atoms. The highest BCUT2D eigenvalue weighted by atomic mass is 16.6. The van der Waals surface area contributed by atoms with Crippen LogP contribution < -0.4 is 10.6 Å². The van der Waals surface area contributed by atoms with Gasteiger partial charge in [-0.3, -0.25) is 9.79 Å². The molecule has 0 saturated heterocycles. The number of hydrogen-bond donors (Lipinski definition) is 2. The summed E-state index contributed by atoms with van der Waals surface area (Å²) in [6.45, 7) is 9.75. The lowest BCUT2D eigenvalue weighted by Crippen LogP contribution is -2.42. The fraction of sp³-hybridized carbons (Fsp3) is 0.529. The Morgan fingerprint density at radius 3 is 2.50 bits per heavy atom. The van der Waals surface area contributed by atoms with Crippen LogP contribution in [0.2, 0.25) is 0 Å². The topological polar surface area (TPSA) is 62.7 Å². The van der Waals surface area contributed by atoms with Gasteiger partial charge in [-0.25, -0.2) is 0 Å². The maximum atomic E-state index is 11.7. The lowest BCUT2D eigenvalue weighted by Gasteiger charge is -2.22. The maximum absolute atomic E-state index is 11.7. The van der Waals surface area contributed by atoms with Gasteiger partial charge in [0.05, 0.1) is 6.04 Å². The van der Waals surface area contributed by atoms with E-state index in [4.69, 9.17) is 4.74 Å². The zero-order valence-corrected chi connectivity index (χ0v) is 14.4. The van der Waals surface area contributed by atoms with Gasteiger partial charge in [0, 0.05) is 7.05 Å². The molecule has 1 atom stereocenters. The molecule has 1 unspecified atom stereocenters. The number of nitrogens with one attached hydrogen (secondary N) is 2. The van der Waals surface area contributed by atoms with Gasteiger partial charge in [-0.2, -0.15) is 0 Å². The number of aryl methyl sites for hydroxylation is 1. The number of aliphatic imine (C=N–C) groups is 1. The first-order valence-electron chi connectivity index (χ1n) is 7.47. The molecule has 0 aliphatic rings. The second-order valence-electron chi connectivity index (χ2n) is 6.23. The van der Waals surface area contributed by atoms with Crippen LogP contribution in [0.5, 0.6) is 0 Å². The van der Waals surface area contributed by atoms with Crippen LogP contribution in [0.1, 0.15) is 44.9 Å². The number of hydrogen-bond acceptors (Lipinski definition) is 3. The van der Waals surface area contributed by atoms with Crippen LogP contribution in [0.4, 0.5) is 0 Å². The summed E-state index contributed by atoms with van der Waals surface area (Å²) in [7, 11) is 1.68. The Hall–Kier alpha value is -2.04. The van der Waals surface area contributed by atoms with Gasteiger partial charge in [0.25, 0.3) is 0 Å². The van der Waals surface area contributed by atoms with E-state index in [0.29, 0.717) is 5.96 Å². The van der Waals surface area contributed by atoms with Gasteiger partial charge in [0.1, 0.15) is 12.1 Å². The van der Waals surface area contributed by atoms with E-state index >= 15 is 0 Å². The summed E-state index contributed by atoms with van der Waals surface area (Å²) in [5.41, 5.74) is 1.93. The first-order chi connectivity index (χ1) is 10.2. The molecule has 1 rings (SSSR count). The van der Waals surface area contributed by atoms with Crippen LogP contribution in [0, 0.1) is 6.92 Å². The Morgan fingerprint density at radius 1 is 1.32 bits per heavy atom. The average Bonchev–Trinajstić information content (AvgIpc) is 2.41. The average molecular weight is 305 g/mol. The molecule has 5 nitrogen and oxygen atoms in total. The molecule has 0 aliphatic carbocycles. The molecule has 0 aliphatic heterocycles. The first kappa shape index (κ1) is 18.0. The van der Waals surface area contributed by atoms with E-state index in [9.17, 15) is 4.79 Å². The second kappa shape index (κ2) is 7.82. The van der Waals surface area contributed by atoms with Crippen molar-refractivity contribution in [3.05, 3.63) is 35.4 Å². The SMILES string of the molecule is CN=C(NCC(=O)OC(C)(C)C)NC(C)c1ccccc1C. The van der Waals surface area contributed by atoms with Crippen LogP contribution in [0.15, 0.2) is 29.3 Å². The molecule has 0 radical (unpaired) electrons. The maximum Gasteiger partial charge on any atom is 0.325 e. The summed E-state index contributed by atoms with van der Waals surface area (Å²) in [4.78, 5) is 15.9. The first-order valence-corrected chi connectivity index (χ1v) is 7.47. The zero-order valence-electron chi connectivity index (χ0n) is 14.4. The minimum absolute atomic E-state index is 0.0808. The van der Waals surface area contributed by atoms with E-state index in [1.807, 2.05) is 32.9 Å². The quantitative estimate of drug-likeness (QED) is 0.510. The van der Waals surface area contributed by atoms with E-state index < -0.39 is 5.60 Å². The Morgan fingerprint density at radius 2 is 1.95 bits per heavy atom. The van der Waals surface area contributed by atoms with Crippen molar-refractivity contribution in [1.82, 2.24) is 10.6 Å². The number of carbonyl (C=O) groups excluding carboxylic acids is 1. The third-order valence-corrected chi connectivity index (χ3v) is 3.05. The molecule has 1 aromatic rings. The standard InChI is InChI=1S/C17H27N3O2/c1-12-9-7-8-10-14(12)13(2)20-16(18-6)19-11-15(21)22-17(3,4)5/h7-10,13H,11H2,1-6H3,(H2,18,19,20). The molecular weight excluding hydrogens is 278 g/mol. The summed E-state index contributed by atoms with van der Waals surface area (Å²) >= 11 is 0. The van der Waals surface area contributed by atoms with Crippen molar-refractivity contribution in [2.75, 3.05) is 13.6 Å². The van der Waals surface area contributed by atoms with Crippen LogP contribution in [-0.4, -0.2) is 31.1 Å². The predicted molar refractivity (Wildman–Crippen MR) is 89.9 cm³/mol. The summed E-state index contributed by atoms with van der Waals surface area (Å²) in [5, 5.41) is 6.25. The zero-order chi connectivity index (χ0) is 16.8. The molecule has 0 fully saturated rings. The molecule has 1 aromatic carbocycles. The molecule has 122 valence electrons. The van der Waals surface area contributed by atoms with Crippen LogP contribution >= 0.6 is 0 Å². The third-order valence-electron chi connectivity index (χ3n) is 3.05. The normalized spacial score (nSPS) is 13.5.